The highest BCUT2D eigenvalue weighted by atomic mass is 32.2. The van der Waals surface area contributed by atoms with Gasteiger partial charge in [-0.25, -0.2) is 9.97 Å². The quantitative estimate of drug-likeness (QED) is 0.437. The highest BCUT2D eigenvalue weighted by molar-refractivity contribution is 7.99. The van der Waals surface area contributed by atoms with Gasteiger partial charge in [0.2, 0.25) is 5.95 Å². The minimum atomic E-state index is 0.520. The van der Waals surface area contributed by atoms with Crippen molar-refractivity contribution in [2.45, 2.75) is 22.8 Å². The normalized spacial score (nSPS) is 13.7. The molecule has 1 fully saturated rings. The van der Waals surface area contributed by atoms with E-state index in [1.165, 1.54) is 12.8 Å². The first-order valence-electron chi connectivity index (χ1n) is 10.7. The molecule has 1 aliphatic heterocycles. The molecular weight excluding hydrogens is 424 g/mol. The summed E-state index contributed by atoms with van der Waals surface area (Å²) in [6.45, 7) is 3.86. The van der Waals surface area contributed by atoms with Crippen LogP contribution in [0.5, 0.6) is 17.2 Å². The largest absolute Gasteiger partial charge is 0.497 e. The molecule has 1 saturated heterocycles. The molecule has 0 unspecified atom stereocenters. The van der Waals surface area contributed by atoms with Gasteiger partial charge in [-0.2, -0.15) is 0 Å². The Morgan fingerprint density at radius 1 is 1.00 bits per heavy atom. The number of anilines is 2. The van der Waals surface area contributed by atoms with Gasteiger partial charge in [0.05, 0.1) is 14.2 Å². The van der Waals surface area contributed by atoms with E-state index in [0.29, 0.717) is 24.1 Å². The molecule has 0 atom stereocenters. The molecule has 2 aromatic carbocycles. The van der Waals surface area contributed by atoms with Crippen LogP contribution in [0.4, 0.5) is 11.6 Å². The van der Waals surface area contributed by atoms with Gasteiger partial charge in [0, 0.05) is 29.4 Å². The van der Waals surface area contributed by atoms with Crippen molar-refractivity contribution in [3.63, 3.8) is 0 Å². The Kier molecular flexibility index (Phi) is 7.68. The van der Waals surface area contributed by atoms with Crippen molar-refractivity contribution in [3.05, 3.63) is 54.7 Å². The van der Waals surface area contributed by atoms with Crippen LogP contribution in [0, 0.1) is 0 Å². The summed E-state index contributed by atoms with van der Waals surface area (Å²) < 4.78 is 16.8. The van der Waals surface area contributed by atoms with Crippen molar-refractivity contribution in [2.75, 3.05) is 45.8 Å². The fraction of sp³-hybridized carbons (Fsp3) is 0.333. The molecule has 168 valence electrons. The summed E-state index contributed by atoms with van der Waals surface area (Å²) in [5.41, 5.74) is 0.838. The van der Waals surface area contributed by atoms with E-state index in [9.17, 15) is 0 Å². The Labute approximate surface area is 193 Å². The summed E-state index contributed by atoms with van der Waals surface area (Å²) in [6.07, 6.45) is 4.30. The van der Waals surface area contributed by atoms with Crippen molar-refractivity contribution < 1.29 is 14.2 Å². The number of nitrogens with one attached hydrogen (secondary N) is 1. The van der Waals surface area contributed by atoms with E-state index in [1.54, 1.807) is 32.2 Å². The molecule has 32 heavy (non-hydrogen) atoms. The number of nitrogens with zero attached hydrogens (tertiary/aromatic N) is 3. The molecule has 2 heterocycles. The van der Waals surface area contributed by atoms with E-state index in [1.807, 2.05) is 48.5 Å². The van der Waals surface area contributed by atoms with Crippen LogP contribution in [-0.2, 0) is 0 Å². The summed E-state index contributed by atoms with van der Waals surface area (Å²) >= 11 is 1.55. The summed E-state index contributed by atoms with van der Waals surface area (Å²) in [4.78, 5) is 12.5. The van der Waals surface area contributed by atoms with E-state index in [-0.39, 0.29) is 0 Å². The lowest BCUT2D eigenvalue weighted by Gasteiger charge is -2.17. The van der Waals surface area contributed by atoms with E-state index < -0.39 is 0 Å². The molecule has 0 saturated carbocycles. The predicted octanol–water partition coefficient (Wildman–Crippen LogP) is 4.86. The van der Waals surface area contributed by atoms with Gasteiger partial charge < -0.3 is 19.5 Å². The standard InChI is InChI=1S/C24H28N4O3S/c1-29-19-6-5-7-20(17-19)32-23-10-11-25-24(27-23)26-18-8-9-21(30-2)22(16-18)31-15-14-28-12-3-4-13-28/h5-11,16-17H,3-4,12-15H2,1-2H3,(H,25,26,27). The summed E-state index contributed by atoms with van der Waals surface area (Å²) in [5.74, 6) is 2.75. The number of rotatable bonds is 10. The lowest BCUT2D eigenvalue weighted by molar-refractivity contribution is 0.230. The summed E-state index contributed by atoms with van der Waals surface area (Å²) in [5, 5.41) is 4.11. The van der Waals surface area contributed by atoms with E-state index in [4.69, 9.17) is 14.2 Å². The lowest BCUT2D eigenvalue weighted by Crippen LogP contribution is -2.25. The molecule has 0 bridgehead atoms. The Hall–Kier alpha value is -2.97. The number of likely N-dealkylation sites (tertiary alicyclic amines) is 1. The fourth-order valence-corrected chi connectivity index (χ4v) is 4.36. The van der Waals surface area contributed by atoms with Gasteiger partial charge in [-0.15, -0.1) is 0 Å². The van der Waals surface area contributed by atoms with E-state index >= 15 is 0 Å². The Balaban J connectivity index is 1.42. The van der Waals surface area contributed by atoms with Gasteiger partial charge in [0.1, 0.15) is 17.4 Å². The average Bonchev–Trinajstić information content (AvgIpc) is 3.33. The molecule has 8 heteroatoms. The minimum absolute atomic E-state index is 0.520. The lowest BCUT2D eigenvalue weighted by atomic mass is 10.2. The second-order valence-corrected chi connectivity index (χ2v) is 8.48. The minimum Gasteiger partial charge on any atom is -0.497 e. The van der Waals surface area contributed by atoms with E-state index in [2.05, 4.69) is 20.2 Å². The first kappa shape index (κ1) is 22.2. The molecule has 1 aromatic heterocycles. The molecule has 4 rings (SSSR count). The summed E-state index contributed by atoms with van der Waals surface area (Å²) in [6, 6.07) is 15.5. The number of benzene rings is 2. The predicted molar refractivity (Wildman–Crippen MR) is 127 cm³/mol. The Morgan fingerprint density at radius 3 is 2.69 bits per heavy atom. The maximum Gasteiger partial charge on any atom is 0.228 e. The molecule has 1 aliphatic rings. The number of ether oxygens (including phenoxy) is 3. The van der Waals surface area contributed by atoms with Crippen LogP contribution in [0.1, 0.15) is 12.8 Å². The number of methoxy groups -OCH3 is 2. The zero-order valence-electron chi connectivity index (χ0n) is 18.4. The molecule has 0 amide bonds. The van der Waals surface area contributed by atoms with Gasteiger partial charge >= 0.3 is 0 Å². The Morgan fingerprint density at radius 2 is 1.88 bits per heavy atom. The zero-order chi connectivity index (χ0) is 22.2. The van der Waals surface area contributed by atoms with Crippen LogP contribution in [0.15, 0.2) is 64.6 Å². The molecule has 7 nitrogen and oxygen atoms in total. The number of hydrogen-bond donors (Lipinski definition) is 1. The first-order chi connectivity index (χ1) is 15.7. The molecule has 1 N–H and O–H groups in total. The third-order valence-electron chi connectivity index (χ3n) is 5.18. The molecular formula is C24H28N4O3S. The van der Waals surface area contributed by atoms with Crippen LogP contribution in [0.2, 0.25) is 0 Å². The molecule has 0 spiro atoms. The van der Waals surface area contributed by atoms with Crippen molar-refractivity contribution in [2.24, 2.45) is 0 Å². The smallest absolute Gasteiger partial charge is 0.228 e. The molecule has 0 radical (unpaired) electrons. The third-order valence-corrected chi connectivity index (χ3v) is 6.10. The van der Waals surface area contributed by atoms with Crippen molar-refractivity contribution >= 4 is 23.4 Å². The maximum atomic E-state index is 6.03. The van der Waals surface area contributed by atoms with Crippen LogP contribution in [0.25, 0.3) is 0 Å². The third kappa shape index (κ3) is 6.05. The van der Waals surface area contributed by atoms with Crippen LogP contribution >= 0.6 is 11.8 Å². The van der Waals surface area contributed by atoms with Crippen LogP contribution in [0.3, 0.4) is 0 Å². The Bertz CT molecular complexity index is 1030. The van der Waals surface area contributed by atoms with Gasteiger partial charge in [-0.3, -0.25) is 4.90 Å². The van der Waals surface area contributed by atoms with Crippen molar-refractivity contribution in [1.29, 1.82) is 0 Å². The van der Waals surface area contributed by atoms with Crippen molar-refractivity contribution in [3.8, 4) is 17.2 Å². The number of hydrogen-bond acceptors (Lipinski definition) is 8. The highest BCUT2D eigenvalue weighted by Crippen LogP contribution is 2.32. The van der Waals surface area contributed by atoms with Crippen LogP contribution < -0.4 is 19.5 Å². The average molecular weight is 453 g/mol. The van der Waals surface area contributed by atoms with Gasteiger partial charge in [0.15, 0.2) is 11.5 Å². The summed E-state index contributed by atoms with van der Waals surface area (Å²) in [7, 11) is 3.31. The van der Waals surface area contributed by atoms with Gasteiger partial charge in [-0.05, 0) is 62.3 Å². The maximum absolute atomic E-state index is 6.03. The fourth-order valence-electron chi connectivity index (χ4n) is 3.53. The SMILES string of the molecule is COc1cccc(Sc2ccnc(Nc3ccc(OC)c(OCCN4CCCC4)c3)n2)c1. The molecule has 0 aliphatic carbocycles. The highest BCUT2D eigenvalue weighted by Gasteiger charge is 2.12. The van der Waals surface area contributed by atoms with Gasteiger partial charge in [0.25, 0.3) is 0 Å². The monoisotopic (exact) mass is 452 g/mol. The topological polar surface area (TPSA) is 68.7 Å². The van der Waals surface area contributed by atoms with E-state index in [0.717, 1.165) is 41.0 Å². The zero-order valence-corrected chi connectivity index (χ0v) is 19.2. The molecule has 3 aromatic rings. The second-order valence-electron chi connectivity index (χ2n) is 7.39. The second kappa shape index (κ2) is 11.1. The van der Waals surface area contributed by atoms with Gasteiger partial charge in [-0.1, -0.05) is 17.8 Å². The van der Waals surface area contributed by atoms with Crippen molar-refractivity contribution in [1.82, 2.24) is 14.9 Å². The number of aromatic nitrogens is 2. The first-order valence-corrected chi connectivity index (χ1v) is 11.5. The van der Waals surface area contributed by atoms with Crippen LogP contribution in [-0.4, -0.2) is 55.3 Å².